The maximum absolute atomic E-state index is 13.1. The fraction of sp³-hybridized carbons (Fsp3) is 0.500. The van der Waals surface area contributed by atoms with Crippen LogP contribution in [-0.4, -0.2) is 28.9 Å². The van der Waals surface area contributed by atoms with Crippen molar-refractivity contribution in [2.24, 2.45) is 0 Å². The van der Waals surface area contributed by atoms with Gasteiger partial charge < -0.3 is 4.90 Å². The van der Waals surface area contributed by atoms with E-state index in [-0.39, 0.29) is 16.6 Å². The van der Waals surface area contributed by atoms with E-state index in [1.165, 1.54) is 0 Å². The lowest BCUT2D eigenvalue weighted by Crippen LogP contribution is -2.32. The Bertz CT molecular complexity index is 392. The number of hydrogen-bond acceptors (Lipinski definition) is 2. The Labute approximate surface area is 106 Å². The van der Waals surface area contributed by atoms with E-state index < -0.39 is 5.82 Å². The lowest BCUT2D eigenvalue weighted by Gasteiger charge is -2.21. The number of pyridine rings is 1. The first-order chi connectivity index (χ1) is 8.10. The first kappa shape index (κ1) is 13.9. The third-order valence-corrected chi connectivity index (χ3v) is 2.61. The van der Waals surface area contributed by atoms with Crippen molar-refractivity contribution in [3.63, 3.8) is 0 Å². The Morgan fingerprint density at radius 2 is 2.00 bits per heavy atom. The van der Waals surface area contributed by atoms with E-state index in [2.05, 4.69) is 4.98 Å². The van der Waals surface area contributed by atoms with Gasteiger partial charge in [0.1, 0.15) is 11.0 Å². The summed E-state index contributed by atoms with van der Waals surface area (Å²) in [5.41, 5.74) is 0.133. The molecule has 1 aromatic heterocycles. The number of nitrogens with zero attached hydrogens (tertiary/aromatic N) is 2. The minimum absolute atomic E-state index is 0.0496. The van der Waals surface area contributed by atoms with E-state index in [0.717, 1.165) is 25.1 Å². The largest absolute Gasteiger partial charge is 0.339 e. The maximum atomic E-state index is 13.1. The van der Waals surface area contributed by atoms with Gasteiger partial charge in [0, 0.05) is 13.1 Å². The van der Waals surface area contributed by atoms with Crippen molar-refractivity contribution in [3.05, 3.63) is 28.8 Å². The van der Waals surface area contributed by atoms with Crippen LogP contribution in [0.3, 0.4) is 0 Å². The van der Waals surface area contributed by atoms with Crippen molar-refractivity contribution in [3.8, 4) is 0 Å². The van der Waals surface area contributed by atoms with Gasteiger partial charge in [-0.05, 0) is 18.9 Å². The molecule has 0 aliphatic carbocycles. The maximum Gasteiger partial charge on any atom is 0.257 e. The minimum atomic E-state index is -0.550. The van der Waals surface area contributed by atoms with E-state index in [4.69, 9.17) is 11.6 Å². The zero-order chi connectivity index (χ0) is 12.8. The van der Waals surface area contributed by atoms with Crippen molar-refractivity contribution in [1.29, 1.82) is 0 Å². The van der Waals surface area contributed by atoms with Gasteiger partial charge in [-0.25, -0.2) is 9.37 Å². The quantitative estimate of drug-likeness (QED) is 0.760. The summed E-state index contributed by atoms with van der Waals surface area (Å²) in [6.45, 7) is 5.25. The van der Waals surface area contributed by atoms with Gasteiger partial charge in [-0.1, -0.05) is 25.4 Å². The first-order valence-electron chi connectivity index (χ1n) is 5.70. The molecule has 5 heteroatoms. The second kappa shape index (κ2) is 6.55. The summed E-state index contributed by atoms with van der Waals surface area (Å²) in [6, 6.07) is 1.13. The Morgan fingerprint density at radius 1 is 1.41 bits per heavy atom. The van der Waals surface area contributed by atoms with Crippen molar-refractivity contribution >= 4 is 17.5 Å². The standard InChI is InChI=1S/C12H16ClFN2O/c1-3-5-16(6-4-2)12(17)10-7-9(14)8-15-11(10)13/h7-8H,3-6H2,1-2H3. The molecule has 0 saturated carbocycles. The molecule has 1 aromatic rings. The average molecular weight is 259 g/mol. The number of carbonyl (C=O) groups excluding carboxylic acids is 1. The Hall–Kier alpha value is -1.16. The highest BCUT2D eigenvalue weighted by molar-refractivity contribution is 6.32. The molecule has 0 unspecified atom stereocenters. The highest BCUT2D eigenvalue weighted by Gasteiger charge is 2.18. The number of halogens is 2. The van der Waals surface area contributed by atoms with Gasteiger partial charge in [-0.15, -0.1) is 0 Å². The van der Waals surface area contributed by atoms with E-state index >= 15 is 0 Å². The average Bonchev–Trinajstić information content (AvgIpc) is 2.31. The molecule has 0 spiro atoms. The predicted molar refractivity (Wildman–Crippen MR) is 65.7 cm³/mol. The normalized spacial score (nSPS) is 10.4. The molecule has 0 bridgehead atoms. The minimum Gasteiger partial charge on any atom is -0.339 e. The third kappa shape index (κ3) is 3.66. The molecule has 0 fully saturated rings. The second-order valence-electron chi connectivity index (χ2n) is 3.78. The molecule has 94 valence electrons. The summed E-state index contributed by atoms with van der Waals surface area (Å²) in [5.74, 6) is -0.809. The van der Waals surface area contributed by atoms with Crippen LogP contribution in [-0.2, 0) is 0 Å². The molecule has 0 aromatic carbocycles. The Kier molecular flexibility index (Phi) is 5.35. The van der Waals surface area contributed by atoms with Crippen molar-refractivity contribution in [1.82, 2.24) is 9.88 Å². The highest BCUT2D eigenvalue weighted by atomic mass is 35.5. The summed E-state index contributed by atoms with van der Waals surface area (Å²) in [5, 5.41) is 0.0496. The molecule has 1 heterocycles. The van der Waals surface area contributed by atoms with E-state index in [1.807, 2.05) is 13.8 Å². The molecule has 0 aliphatic rings. The molecule has 17 heavy (non-hydrogen) atoms. The zero-order valence-electron chi connectivity index (χ0n) is 10.0. The number of amides is 1. The lowest BCUT2D eigenvalue weighted by molar-refractivity contribution is 0.0755. The molecule has 0 saturated heterocycles. The van der Waals surface area contributed by atoms with Crippen LogP contribution in [0.4, 0.5) is 4.39 Å². The summed E-state index contributed by atoms with van der Waals surface area (Å²) < 4.78 is 13.1. The van der Waals surface area contributed by atoms with Crippen molar-refractivity contribution in [2.45, 2.75) is 26.7 Å². The first-order valence-corrected chi connectivity index (χ1v) is 6.08. The van der Waals surface area contributed by atoms with Gasteiger partial charge in [-0.2, -0.15) is 0 Å². The third-order valence-electron chi connectivity index (χ3n) is 2.31. The second-order valence-corrected chi connectivity index (χ2v) is 4.14. The van der Waals surface area contributed by atoms with Crippen molar-refractivity contribution < 1.29 is 9.18 Å². The number of rotatable bonds is 5. The Balaban J connectivity index is 2.95. The van der Waals surface area contributed by atoms with Gasteiger partial charge in [0.2, 0.25) is 0 Å². The molecule has 3 nitrogen and oxygen atoms in total. The van der Waals surface area contributed by atoms with Gasteiger partial charge in [0.25, 0.3) is 5.91 Å². The highest BCUT2D eigenvalue weighted by Crippen LogP contribution is 2.16. The molecule has 0 aliphatic heterocycles. The summed E-state index contributed by atoms with van der Waals surface area (Å²) >= 11 is 5.81. The smallest absolute Gasteiger partial charge is 0.257 e. The summed E-state index contributed by atoms with van der Waals surface area (Å²) in [6.07, 6.45) is 2.71. The van der Waals surface area contributed by atoms with Gasteiger partial charge in [0.15, 0.2) is 0 Å². The summed E-state index contributed by atoms with van der Waals surface area (Å²) in [4.78, 5) is 17.4. The van der Waals surface area contributed by atoms with Gasteiger partial charge in [0.05, 0.1) is 11.8 Å². The van der Waals surface area contributed by atoms with Crippen LogP contribution in [0.5, 0.6) is 0 Å². The fourth-order valence-electron chi connectivity index (χ4n) is 1.60. The van der Waals surface area contributed by atoms with Crippen LogP contribution in [0.25, 0.3) is 0 Å². The topological polar surface area (TPSA) is 33.2 Å². The van der Waals surface area contributed by atoms with Gasteiger partial charge in [-0.3, -0.25) is 4.79 Å². The van der Waals surface area contributed by atoms with Gasteiger partial charge >= 0.3 is 0 Å². The Morgan fingerprint density at radius 3 is 2.53 bits per heavy atom. The van der Waals surface area contributed by atoms with E-state index in [1.54, 1.807) is 4.90 Å². The molecule has 1 amide bonds. The van der Waals surface area contributed by atoms with E-state index in [9.17, 15) is 9.18 Å². The molecule has 0 radical (unpaired) electrons. The fourth-order valence-corrected chi connectivity index (χ4v) is 1.78. The SMILES string of the molecule is CCCN(CCC)C(=O)c1cc(F)cnc1Cl. The molecular formula is C12H16ClFN2O. The molecule has 1 rings (SSSR count). The van der Waals surface area contributed by atoms with Crippen LogP contribution in [0.2, 0.25) is 5.15 Å². The van der Waals surface area contributed by atoms with Crippen LogP contribution < -0.4 is 0 Å². The predicted octanol–water partition coefficient (Wildman–Crippen LogP) is 3.14. The van der Waals surface area contributed by atoms with Crippen LogP contribution in [0.15, 0.2) is 12.3 Å². The van der Waals surface area contributed by atoms with Crippen LogP contribution in [0.1, 0.15) is 37.0 Å². The van der Waals surface area contributed by atoms with Crippen molar-refractivity contribution in [2.75, 3.05) is 13.1 Å². The number of hydrogen-bond donors (Lipinski definition) is 0. The van der Waals surface area contributed by atoms with E-state index in [0.29, 0.717) is 13.1 Å². The molecular weight excluding hydrogens is 243 g/mol. The molecule has 0 N–H and O–H groups in total. The van der Waals surface area contributed by atoms with Crippen LogP contribution >= 0.6 is 11.6 Å². The molecule has 0 atom stereocenters. The number of carbonyl (C=O) groups is 1. The summed E-state index contributed by atoms with van der Waals surface area (Å²) in [7, 11) is 0. The number of aromatic nitrogens is 1. The van der Waals surface area contributed by atoms with Crippen LogP contribution in [0, 0.1) is 5.82 Å². The monoisotopic (exact) mass is 258 g/mol. The zero-order valence-corrected chi connectivity index (χ0v) is 10.8. The lowest BCUT2D eigenvalue weighted by atomic mass is 10.2.